The highest BCUT2D eigenvalue weighted by molar-refractivity contribution is 5.80. The molecule has 0 aliphatic carbocycles. The number of aryl methyl sites for hydroxylation is 2. The second-order valence-electron chi connectivity index (χ2n) is 5.13. The molecule has 1 heterocycles. The van der Waals surface area contributed by atoms with Crippen LogP contribution in [0.2, 0.25) is 0 Å². The fourth-order valence-electron chi connectivity index (χ4n) is 1.76. The van der Waals surface area contributed by atoms with Crippen LogP contribution in [-0.2, 0) is 21.6 Å². The molecule has 0 aliphatic heterocycles. The Labute approximate surface area is 159 Å². The van der Waals surface area contributed by atoms with Crippen molar-refractivity contribution in [3.8, 4) is 11.5 Å². The highest BCUT2D eigenvalue weighted by atomic mass is 17.2. The highest BCUT2D eigenvalue weighted by Crippen LogP contribution is 2.19. The Bertz CT molecular complexity index is 732. The van der Waals surface area contributed by atoms with Crippen molar-refractivity contribution in [3.63, 3.8) is 0 Å². The molecule has 27 heavy (non-hydrogen) atoms. The van der Waals surface area contributed by atoms with Gasteiger partial charge in [-0.2, -0.15) is 9.99 Å². The highest BCUT2D eigenvalue weighted by Gasteiger charge is 1.92. The van der Waals surface area contributed by atoms with Crippen molar-refractivity contribution in [3.05, 3.63) is 91.3 Å². The Hall–Kier alpha value is -3.38. The van der Waals surface area contributed by atoms with Gasteiger partial charge in [0.25, 0.3) is 0 Å². The maximum Gasteiger partial charge on any atom is 0.365 e. The molecule has 142 valence electrons. The standard InChI is InChI=1S/C12H10O.C5H8N2.C4H6O3/c1-3-7-11(8-4-1)13-12-9-5-2-6-10-12;1-5-3-4-7(2)6-5;1-3-4(5)7-6-2/h1-10H;3-4H,1-2H3;3H,1H2,2H3. The number of para-hydroxylation sites is 2. The second-order valence-corrected chi connectivity index (χ2v) is 5.13. The van der Waals surface area contributed by atoms with Gasteiger partial charge in [-0.15, -0.1) is 0 Å². The van der Waals surface area contributed by atoms with Gasteiger partial charge in [-0.3, -0.25) is 9.57 Å². The predicted octanol–water partition coefficient (Wildman–Crippen LogP) is 4.48. The van der Waals surface area contributed by atoms with Gasteiger partial charge in [0.15, 0.2) is 0 Å². The van der Waals surface area contributed by atoms with E-state index in [0.29, 0.717) is 0 Å². The lowest BCUT2D eigenvalue weighted by Crippen LogP contribution is -1.96. The molecule has 6 heteroatoms. The first-order valence-corrected chi connectivity index (χ1v) is 8.16. The van der Waals surface area contributed by atoms with E-state index in [1.807, 2.05) is 86.9 Å². The van der Waals surface area contributed by atoms with Crippen LogP contribution >= 0.6 is 0 Å². The molecular weight excluding hydrogens is 344 g/mol. The first kappa shape index (κ1) is 21.7. The van der Waals surface area contributed by atoms with Crippen molar-refractivity contribution >= 4 is 5.97 Å². The van der Waals surface area contributed by atoms with Gasteiger partial charge in [0.2, 0.25) is 0 Å². The monoisotopic (exact) mass is 368 g/mol. The van der Waals surface area contributed by atoms with E-state index in [-0.39, 0.29) is 0 Å². The normalized spacial score (nSPS) is 9.00. The van der Waals surface area contributed by atoms with E-state index in [1.54, 1.807) is 4.68 Å². The zero-order chi connectivity index (χ0) is 19.9. The predicted molar refractivity (Wildman–Crippen MR) is 104 cm³/mol. The molecule has 6 nitrogen and oxygen atoms in total. The summed E-state index contributed by atoms with van der Waals surface area (Å²) >= 11 is 0. The summed E-state index contributed by atoms with van der Waals surface area (Å²) in [6.07, 6.45) is 2.94. The van der Waals surface area contributed by atoms with Crippen LogP contribution < -0.4 is 4.74 Å². The molecule has 0 spiro atoms. The molecule has 0 saturated heterocycles. The lowest BCUT2D eigenvalue weighted by atomic mass is 10.3. The molecule has 3 rings (SSSR count). The summed E-state index contributed by atoms with van der Waals surface area (Å²) in [6.45, 7) is 5.10. The van der Waals surface area contributed by atoms with Gasteiger partial charge in [0.05, 0.1) is 12.8 Å². The number of hydrogen-bond donors (Lipinski definition) is 0. The van der Waals surface area contributed by atoms with E-state index < -0.39 is 5.97 Å². The van der Waals surface area contributed by atoms with E-state index in [2.05, 4.69) is 21.5 Å². The van der Waals surface area contributed by atoms with Gasteiger partial charge in [0.1, 0.15) is 11.5 Å². The van der Waals surface area contributed by atoms with Crippen LogP contribution in [0.15, 0.2) is 85.6 Å². The van der Waals surface area contributed by atoms with Gasteiger partial charge in [-0.05, 0) is 37.3 Å². The fraction of sp³-hybridized carbons (Fsp3) is 0.143. The van der Waals surface area contributed by atoms with Crippen LogP contribution in [0.4, 0.5) is 0 Å². The van der Waals surface area contributed by atoms with E-state index in [9.17, 15) is 4.79 Å². The van der Waals surface area contributed by atoms with Gasteiger partial charge in [-0.1, -0.05) is 43.0 Å². The maximum atomic E-state index is 9.95. The Balaban J connectivity index is 0.000000223. The van der Waals surface area contributed by atoms with Crippen LogP contribution in [0.5, 0.6) is 11.5 Å². The zero-order valence-corrected chi connectivity index (χ0v) is 15.7. The summed E-state index contributed by atoms with van der Waals surface area (Å²) in [5.74, 6) is 1.16. The molecular formula is C21H24N2O4. The molecule has 1 aromatic heterocycles. The smallest absolute Gasteiger partial charge is 0.365 e. The number of hydrogen-bond acceptors (Lipinski definition) is 5. The number of benzene rings is 2. The van der Waals surface area contributed by atoms with Crippen LogP contribution in [0, 0.1) is 6.92 Å². The Morgan fingerprint density at radius 2 is 1.52 bits per heavy atom. The summed E-state index contributed by atoms with van der Waals surface area (Å²) in [6, 6.07) is 21.5. The van der Waals surface area contributed by atoms with Gasteiger partial charge >= 0.3 is 5.97 Å². The summed E-state index contributed by atoms with van der Waals surface area (Å²) in [5, 5.41) is 4.03. The first-order valence-electron chi connectivity index (χ1n) is 8.16. The van der Waals surface area contributed by atoms with Crippen molar-refractivity contribution in [1.29, 1.82) is 0 Å². The number of carbonyl (C=O) groups is 1. The Kier molecular flexibility index (Phi) is 10.4. The lowest BCUT2D eigenvalue weighted by Gasteiger charge is -2.03. The molecule has 0 saturated carbocycles. The fourth-order valence-corrected chi connectivity index (χ4v) is 1.76. The van der Waals surface area contributed by atoms with Crippen molar-refractivity contribution in [2.45, 2.75) is 6.92 Å². The van der Waals surface area contributed by atoms with E-state index in [1.165, 1.54) is 7.11 Å². The molecule has 0 N–H and O–H groups in total. The third-order valence-corrected chi connectivity index (χ3v) is 2.90. The van der Waals surface area contributed by atoms with Gasteiger partial charge in [-0.25, -0.2) is 4.79 Å². The topological polar surface area (TPSA) is 62.6 Å². The van der Waals surface area contributed by atoms with Crippen LogP contribution in [0.25, 0.3) is 0 Å². The van der Waals surface area contributed by atoms with Crippen molar-refractivity contribution in [2.24, 2.45) is 7.05 Å². The third kappa shape index (κ3) is 10.3. The number of rotatable bonds is 4. The molecule has 0 unspecified atom stereocenters. The molecule has 0 aliphatic rings. The van der Waals surface area contributed by atoms with Crippen molar-refractivity contribution in [1.82, 2.24) is 9.78 Å². The van der Waals surface area contributed by atoms with E-state index in [0.717, 1.165) is 23.3 Å². The van der Waals surface area contributed by atoms with Gasteiger partial charge in [0, 0.05) is 19.3 Å². The zero-order valence-electron chi connectivity index (χ0n) is 15.7. The summed E-state index contributed by atoms with van der Waals surface area (Å²) in [5.41, 5.74) is 1.07. The minimum Gasteiger partial charge on any atom is -0.457 e. The quantitative estimate of drug-likeness (QED) is 0.386. The number of carbonyl (C=O) groups excluding carboxylic acids is 1. The molecule has 0 bridgehead atoms. The van der Waals surface area contributed by atoms with Crippen LogP contribution in [0.1, 0.15) is 5.69 Å². The van der Waals surface area contributed by atoms with E-state index in [4.69, 9.17) is 4.74 Å². The SMILES string of the molecule is C=CC(=O)OOC.Cc1ccn(C)n1.c1ccc(Oc2ccccc2)cc1. The first-order chi connectivity index (χ1) is 13.0. The van der Waals surface area contributed by atoms with E-state index >= 15 is 0 Å². The lowest BCUT2D eigenvalue weighted by molar-refractivity contribution is -0.249. The minimum atomic E-state index is -0.581. The van der Waals surface area contributed by atoms with Crippen molar-refractivity contribution < 1.29 is 19.3 Å². The maximum absolute atomic E-state index is 9.95. The summed E-state index contributed by atoms with van der Waals surface area (Å²) in [4.78, 5) is 17.9. The number of ether oxygens (including phenoxy) is 1. The average Bonchev–Trinajstić information content (AvgIpc) is 3.07. The van der Waals surface area contributed by atoms with Crippen LogP contribution in [-0.4, -0.2) is 22.9 Å². The van der Waals surface area contributed by atoms with Crippen LogP contribution in [0.3, 0.4) is 0 Å². The minimum absolute atomic E-state index is 0.581. The molecule has 0 amide bonds. The number of aromatic nitrogens is 2. The summed E-state index contributed by atoms with van der Waals surface area (Å²) in [7, 11) is 3.16. The Morgan fingerprint density at radius 1 is 1.00 bits per heavy atom. The molecule has 0 radical (unpaired) electrons. The number of nitrogens with zero attached hydrogens (tertiary/aromatic N) is 2. The molecule has 0 atom stereocenters. The largest absolute Gasteiger partial charge is 0.457 e. The molecule has 2 aromatic carbocycles. The summed E-state index contributed by atoms with van der Waals surface area (Å²) < 4.78 is 7.37. The third-order valence-electron chi connectivity index (χ3n) is 2.90. The van der Waals surface area contributed by atoms with Gasteiger partial charge < -0.3 is 4.74 Å². The van der Waals surface area contributed by atoms with Crippen molar-refractivity contribution in [2.75, 3.05) is 7.11 Å². The molecule has 0 fully saturated rings. The Morgan fingerprint density at radius 3 is 1.78 bits per heavy atom. The second kappa shape index (κ2) is 12.9. The average molecular weight is 368 g/mol. The molecule has 3 aromatic rings.